The number of hydrogen-bond acceptors (Lipinski definition) is 4. The lowest BCUT2D eigenvalue weighted by Gasteiger charge is -2.09. The molecule has 25 heavy (non-hydrogen) atoms. The monoisotopic (exact) mass is 386 g/mol. The molecule has 0 atom stereocenters. The van der Waals surface area contributed by atoms with Crippen LogP contribution in [0, 0.1) is 11.6 Å². The summed E-state index contributed by atoms with van der Waals surface area (Å²) in [5, 5.41) is 2.53. The number of sulfonamides is 1. The van der Waals surface area contributed by atoms with Crippen molar-refractivity contribution in [3.63, 3.8) is 0 Å². The molecule has 1 amide bonds. The van der Waals surface area contributed by atoms with Crippen LogP contribution in [0.1, 0.15) is 0 Å². The first-order valence-electron chi connectivity index (χ1n) is 7.28. The van der Waals surface area contributed by atoms with Crippen LogP contribution in [0.25, 0.3) is 0 Å². The van der Waals surface area contributed by atoms with Crippen LogP contribution in [0.5, 0.6) is 0 Å². The van der Waals surface area contributed by atoms with E-state index in [1.165, 1.54) is 11.8 Å². The number of hydrogen-bond donors (Lipinski definition) is 2. The minimum atomic E-state index is -4.46. The number of carbonyl (C=O) groups is 1. The van der Waals surface area contributed by atoms with Crippen molar-refractivity contribution in [2.45, 2.75) is 9.79 Å². The summed E-state index contributed by atoms with van der Waals surface area (Å²) >= 11 is 1.53. The van der Waals surface area contributed by atoms with Crippen molar-refractivity contribution in [2.75, 3.05) is 18.8 Å². The number of amides is 1. The van der Waals surface area contributed by atoms with E-state index in [4.69, 9.17) is 0 Å². The lowest BCUT2D eigenvalue weighted by molar-refractivity contribution is -0.119. The smallest absolute Gasteiger partial charge is 0.246 e. The molecule has 9 heteroatoms. The largest absolute Gasteiger partial charge is 0.354 e. The number of nitrogens with one attached hydrogen (secondary N) is 2. The highest BCUT2D eigenvalue weighted by Gasteiger charge is 2.24. The summed E-state index contributed by atoms with van der Waals surface area (Å²) in [4.78, 5) is 11.6. The maximum atomic E-state index is 13.5. The second-order valence-corrected chi connectivity index (χ2v) is 7.76. The Hall–Kier alpha value is -1.97. The van der Waals surface area contributed by atoms with Crippen molar-refractivity contribution in [3.8, 4) is 0 Å². The van der Waals surface area contributed by atoms with Gasteiger partial charge in [0.2, 0.25) is 15.9 Å². The van der Waals surface area contributed by atoms with Crippen LogP contribution in [0.4, 0.5) is 8.78 Å². The molecule has 2 N–H and O–H groups in total. The Morgan fingerprint density at radius 2 is 1.64 bits per heavy atom. The topological polar surface area (TPSA) is 75.3 Å². The molecule has 0 aliphatic rings. The molecule has 0 saturated carbocycles. The highest BCUT2D eigenvalue weighted by Crippen LogP contribution is 2.18. The third kappa shape index (κ3) is 5.80. The lowest BCUT2D eigenvalue weighted by Crippen LogP contribution is -2.38. The Morgan fingerprint density at radius 3 is 2.28 bits per heavy atom. The number of carbonyl (C=O) groups excluding carboxylic acids is 1. The summed E-state index contributed by atoms with van der Waals surface area (Å²) in [5.74, 6) is -2.42. The van der Waals surface area contributed by atoms with Gasteiger partial charge in [-0.2, -0.15) is 0 Å². The summed E-state index contributed by atoms with van der Waals surface area (Å²) in [7, 11) is -4.46. The fraction of sp³-hybridized carbons (Fsp3) is 0.188. The maximum absolute atomic E-state index is 13.5. The van der Waals surface area contributed by atoms with Gasteiger partial charge in [-0.3, -0.25) is 4.79 Å². The summed E-state index contributed by atoms with van der Waals surface area (Å²) < 4.78 is 52.8. The molecule has 0 fully saturated rings. The van der Waals surface area contributed by atoms with Gasteiger partial charge in [0, 0.05) is 17.2 Å². The van der Waals surface area contributed by atoms with Crippen LogP contribution in [-0.2, 0) is 14.8 Å². The zero-order valence-electron chi connectivity index (χ0n) is 13.0. The van der Waals surface area contributed by atoms with E-state index in [2.05, 4.69) is 5.32 Å². The molecule has 0 aromatic heterocycles. The highest BCUT2D eigenvalue weighted by molar-refractivity contribution is 7.99. The van der Waals surface area contributed by atoms with E-state index in [-0.39, 0.29) is 0 Å². The summed E-state index contributed by atoms with van der Waals surface area (Å²) in [6, 6.07) is 12.3. The summed E-state index contributed by atoms with van der Waals surface area (Å²) in [6.07, 6.45) is 0. The fourth-order valence-electron chi connectivity index (χ4n) is 1.91. The van der Waals surface area contributed by atoms with Crippen molar-refractivity contribution in [1.29, 1.82) is 0 Å². The first-order valence-corrected chi connectivity index (χ1v) is 9.75. The molecular formula is C16H16F2N2O3S2. The SMILES string of the molecule is O=C(CNS(=O)(=O)c1c(F)cccc1F)NCCSc1ccccc1. The van der Waals surface area contributed by atoms with Crippen LogP contribution >= 0.6 is 11.8 Å². The van der Waals surface area contributed by atoms with E-state index in [0.29, 0.717) is 12.3 Å². The van der Waals surface area contributed by atoms with Gasteiger partial charge >= 0.3 is 0 Å². The second kappa shape index (κ2) is 8.93. The molecule has 2 aromatic carbocycles. The van der Waals surface area contributed by atoms with Crippen LogP contribution < -0.4 is 10.0 Å². The van der Waals surface area contributed by atoms with Crippen molar-refractivity contribution in [2.24, 2.45) is 0 Å². The van der Waals surface area contributed by atoms with Crippen LogP contribution in [0.2, 0.25) is 0 Å². The average Bonchev–Trinajstić information content (AvgIpc) is 2.57. The first kappa shape index (κ1) is 19.4. The van der Waals surface area contributed by atoms with Gasteiger partial charge < -0.3 is 5.32 Å². The molecular weight excluding hydrogens is 370 g/mol. The van der Waals surface area contributed by atoms with E-state index >= 15 is 0 Å². The molecule has 0 spiro atoms. The van der Waals surface area contributed by atoms with E-state index in [1.807, 2.05) is 35.1 Å². The van der Waals surface area contributed by atoms with E-state index in [0.717, 1.165) is 23.1 Å². The zero-order valence-corrected chi connectivity index (χ0v) is 14.7. The Morgan fingerprint density at radius 1 is 1.00 bits per heavy atom. The summed E-state index contributed by atoms with van der Waals surface area (Å²) in [6.45, 7) is -0.277. The fourth-order valence-corrected chi connectivity index (χ4v) is 3.81. The predicted molar refractivity (Wildman–Crippen MR) is 91.7 cm³/mol. The quantitative estimate of drug-likeness (QED) is 0.539. The molecule has 134 valence electrons. The van der Waals surface area contributed by atoms with E-state index in [9.17, 15) is 22.0 Å². The lowest BCUT2D eigenvalue weighted by atomic mass is 10.3. The maximum Gasteiger partial charge on any atom is 0.246 e. The Balaban J connectivity index is 1.79. The minimum Gasteiger partial charge on any atom is -0.354 e. The van der Waals surface area contributed by atoms with Crippen molar-refractivity contribution in [3.05, 3.63) is 60.2 Å². The standard InChI is InChI=1S/C16H16F2N2O3S2/c17-13-7-4-8-14(18)16(13)25(22,23)20-11-15(21)19-9-10-24-12-5-2-1-3-6-12/h1-8,20H,9-11H2,(H,19,21). The van der Waals surface area contributed by atoms with Crippen molar-refractivity contribution in [1.82, 2.24) is 10.0 Å². The minimum absolute atomic E-state index is 0.328. The van der Waals surface area contributed by atoms with Crippen molar-refractivity contribution < 1.29 is 22.0 Å². The first-order chi connectivity index (χ1) is 11.9. The molecule has 0 aliphatic carbocycles. The Kier molecular flexibility index (Phi) is 6.91. The molecule has 5 nitrogen and oxygen atoms in total. The molecule has 0 bridgehead atoms. The molecule has 0 heterocycles. The van der Waals surface area contributed by atoms with Gasteiger partial charge in [0.05, 0.1) is 6.54 Å². The van der Waals surface area contributed by atoms with Crippen LogP contribution in [0.15, 0.2) is 58.3 Å². The predicted octanol–water partition coefficient (Wildman–Crippen LogP) is 2.15. The molecule has 2 aromatic rings. The van der Waals surface area contributed by atoms with E-state index < -0.39 is 39.0 Å². The Bertz CT molecular complexity index is 810. The van der Waals surface area contributed by atoms with Crippen molar-refractivity contribution >= 4 is 27.7 Å². The second-order valence-electron chi connectivity index (χ2n) is 4.89. The number of rotatable bonds is 8. The average molecular weight is 386 g/mol. The van der Waals surface area contributed by atoms with Gasteiger partial charge in [-0.25, -0.2) is 21.9 Å². The normalized spacial score (nSPS) is 11.3. The molecule has 0 radical (unpaired) electrons. The number of benzene rings is 2. The van der Waals surface area contributed by atoms with Gasteiger partial charge in [-0.05, 0) is 24.3 Å². The molecule has 0 unspecified atom stereocenters. The number of halogens is 2. The van der Waals surface area contributed by atoms with Crippen LogP contribution in [0.3, 0.4) is 0 Å². The highest BCUT2D eigenvalue weighted by atomic mass is 32.2. The third-order valence-corrected chi connectivity index (χ3v) is 5.51. The molecule has 0 saturated heterocycles. The van der Waals surface area contributed by atoms with E-state index in [1.54, 1.807) is 0 Å². The zero-order chi connectivity index (χ0) is 18.3. The van der Waals surface area contributed by atoms with Gasteiger partial charge in [0.1, 0.15) is 11.6 Å². The van der Waals surface area contributed by atoms with Crippen LogP contribution in [-0.4, -0.2) is 33.2 Å². The molecule has 0 aliphatic heterocycles. The third-order valence-electron chi connectivity index (χ3n) is 3.05. The molecule has 2 rings (SSSR count). The number of thioether (sulfide) groups is 1. The van der Waals surface area contributed by atoms with Gasteiger partial charge in [0.25, 0.3) is 0 Å². The van der Waals surface area contributed by atoms with Gasteiger partial charge in [-0.1, -0.05) is 24.3 Å². The Labute approximate surface area is 148 Å². The van der Waals surface area contributed by atoms with Gasteiger partial charge in [0.15, 0.2) is 4.90 Å². The summed E-state index contributed by atoms with van der Waals surface area (Å²) in [5.41, 5.74) is 0. The van der Waals surface area contributed by atoms with Gasteiger partial charge in [-0.15, -0.1) is 11.8 Å².